The van der Waals surface area contributed by atoms with Crippen LogP contribution in [0.25, 0.3) is 16.9 Å². The molecular weight excluding hydrogens is 436 g/mol. The number of hydrogen-bond acceptors (Lipinski definition) is 4. The first kappa shape index (κ1) is 22.3. The van der Waals surface area contributed by atoms with Gasteiger partial charge in [-0.05, 0) is 43.7 Å². The summed E-state index contributed by atoms with van der Waals surface area (Å²) >= 11 is 0. The molecule has 1 aromatic heterocycles. The van der Waals surface area contributed by atoms with Crippen molar-refractivity contribution in [3.05, 3.63) is 95.7 Å². The van der Waals surface area contributed by atoms with Crippen LogP contribution in [0.15, 0.2) is 79.0 Å². The predicted molar refractivity (Wildman–Crippen MR) is 131 cm³/mol. The molecule has 0 bridgehead atoms. The molecule has 1 heterocycles. The smallest absolute Gasteiger partial charge is 0.259 e. The third-order valence-electron chi connectivity index (χ3n) is 5.10. The number of aryl methyl sites for hydroxylation is 2. The number of rotatable bonds is 6. The number of aromatic nitrogens is 2. The predicted octanol–water partition coefficient (Wildman–Crippen LogP) is 4.78. The number of hydrogen-bond donors (Lipinski definition) is 2. The molecule has 0 saturated carbocycles. The second-order valence-corrected chi connectivity index (χ2v) is 9.64. The topological polar surface area (TPSA) is 93.1 Å². The maximum Gasteiger partial charge on any atom is 0.259 e. The van der Waals surface area contributed by atoms with Gasteiger partial charge < -0.3 is 5.32 Å². The molecule has 0 aliphatic rings. The van der Waals surface area contributed by atoms with E-state index in [1.165, 1.54) is 0 Å². The van der Waals surface area contributed by atoms with Crippen molar-refractivity contribution < 1.29 is 13.2 Å². The van der Waals surface area contributed by atoms with E-state index in [1.54, 1.807) is 36.0 Å². The van der Waals surface area contributed by atoms with E-state index in [1.807, 2.05) is 61.5 Å². The Morgan fingerprint density at radius 3 is 2.30 bits per heavy atom. The first-order valence-corrected chi connectivity index (χ1v) is 12.2. The molecule has 33 heavy (non-hydrogen) atoms. The van der Waals surface area contributed by atoms with E-state index >= 15 is 0 Å². The molecule has 7 nitrogen and oxygen atoms in total. The van der Waals surface area contributed by atoms with E-state index in [-0.39, 0.29) is 5.91 Å². The number of carbonyl (C=O) groups is 1. The number of anilines is 2. The van der Waals surface area contributed by atoms with E-state index in [2.05, 4.69) is 15.1 Å². The van der Waals surface area contributed by atoms with Gasteiger partial charge in [0.25, 0.3) is 5.91 Å². The molecule has 4 aromatic rings. The Morgan fingerprint density at radius 1 is 0.939 bits per heavy atom. The quantitative estimate of drug-likeness (QED) is 0.433. The minimum absolute atomic E-state index is 0.346. The van der Waals surface area contributed by atoms with Crippen molar-refractivity contribution in [2.24, 2.45) is 0 Å². The molecule has 0 radical (unpaired) electrons. The number of amides is 1. The highest BCUT2D eigenvalue weighted by Crippen LogP contribution is 2.26. The maximum atomic E-state index is 13.3. The van der Waals surface area contributed by atoms with Gasteiger partial charge in [0.2, 0.25) is 10.0 Å². The monoisotopic (exact) mass is 460 g/mol. The SMILES string of the molecule is Cc1ccc(-n2cc(C(=O)Nc3ccc(C)c(NS(C)(=O)=O)c3)c(-c3ccccc3)n2)cc1. The van der Waals surface area contributed by atoms with Gasteiger partial charge in [0.05, 0.1) is 23.2 Å². The Morgan fingerprint density at radius 2 is 1.64 bits per heavy atom. The normalized spacial score (nSPS) is 11.2. The van der Waals surface area contributed by atoms with Gasteiger partial charge in [0.15, 0.2) is 0 Å². The van der Waals surface area contributed by atoms with Crippen molar-refractivity contribution in [1.29, 1.82) is 0 Å². The molecule has 0 aliphatic carbocycles. The summed E-state index contributed by atoms with van der Waals surface area (Å²) in [6, 6.07) is 22.4. The lowest BCUT2D eigenvalue weighted by atomic mass is 10.1. The molecule has 8 heteroatoms. The lowest BCUT2D eigenvalue weighted by Gasteiger charge is -2.11. The van der Waals surface area contributed by atoms with Crippen LogP contribution in [-0.2, 0) is 10.0 Å². The van der Waals surface area contributed by atoms with Gasteiger partial charge in [-0.1, -0.05) is 54.1 Å². The van der Waals surface area contributed by atoms with E-state index in [4.69, 9.17) is 0 Å². The van der Waals surface area contributed by atoms with Crippen molar-refractivity contribution in [3.8, 4) is 16.9 Å². The third-order valence-corrected chi connectivity index (χ3v) is 5.69. The summed E-state index contributed by atoms with van der Waals surface area (Å²) in [5, 5.41) is 7.56. The first-order chi connectivity index (χ1) is 15.7. The van der Waals surface area contributed by atoms with Crippen LogP contribution in [0.5, 0.6) is 0 Å². The minimum Gasteiger partial charge on any atom is -0.322 e. The number of sulfonamides is 1. The lowest BCUT2D eigenvalue weighted by Crippen LogP contribution is -2.14. The summed E-state index contributed by atoms with van der Waals surface area (Å²) in [6.45, 7) is 3.80. The van der Waals surface area contributed by atoms with Gasteiger partial charge in [0, 0.05) is 17.4 Å². The second kappa shape index (κ2) is 8.91. The van der Waals surface area contributed by atoms with Gasteiger partial charge in [-0.25, -0.2) is 13.1 Å². The van der Waals surface area contributed by atoms with Crippen molar-refractivity contribution >= 4 is 27.3 Å². The van der Waals surface area contributed by atoms with Crippen LogP contribution in [0, 0.1) is 13.8 Å². The number of benzene rings is 3. The summed E-state index contributed by atoms with van der Waals surface area (Å²) in [7, 11) is -3.45. The standard InChI is InChI=1S/C25H24N4O3S/c1-17-9-13-21(14-10-17)29-16-22(24(27-29)19-7-5-4-6-8-19)25(30)26-20-12-11-18(2)23(15-20)28-33(3,31)32/h4-16,28H,1-3H3,(H,26,30). The van der Waals surface area contributed by atoms with E-state index in [9.17, 15) is 13.2 Å². The third kappa shape index (κ3) is 5.30. The Labute approximate surface area is 193 Å². The minimum atomic E-state index is -3.45. The number of carbonyl (C=O) groups excluding carboxylic acids is 1. The molecule has 0 aliphatic heterocycles. The fraction of sp³-hybridized carbons (Fsp3) is 0.120. The van der Waals surface area contributed by atoms with Gasteiger partial charge in [0.1, 0.15) is 5.69 Å². The van der Waals surface area contributed by atoms with Crippen LogP contribution in [0.3, 0.4) is 0 Å². The highest BCUT2D eigenvalue weighted by Gasteiger charge is 2.19. The van der Waals surface area contributed by atoms with Crippen LogP contribution in [0.4, 0.5) is 11.4 Å². The summed E-state index contributed by atoms with van der Waals surface area (Å²) in [4.78, 5) is 13.3. The molecule has 0 saturated heterocycles. The molecule has 0 spiro atoms. The summed E-state index contributed by atoms with van der Waals surface area (Å²) < 4.78 is 27.5. The number of nitrogens with zero attached hydrogens (tertiary/aromatic N) is 2. The van der Waals surface area contributed by atoms with Crippen molar-refractivity contribution in [3.63, 3.8) is 0 Å². The zero-order valence-electron chi connectivity index (χ0n) is 18.5. The Kier molecular flexibility index (Phi) is 6.02. The van der Waals surface area contributed by atoms with Crippen LogP contribution < -0.4 is 10.0 Å². The zero-order chi connectivity index (χ0) is 23.6. The highest BCUT2D eigenvalue weighted by molar-refractivity contribution is 7.92. The van der Waals surface area contributed by atoms with Crippen LogP contribution in [0.2, 0.25) is 0 Å². The van der Waals surface area contributed by atoms with Gasteiger partial charge >= 0.3 is 0 Å². The second-order valence-electron chi connectivity index (χ2n) is 7.90. The van der Waals surface area contributed by atoms with E-state index in [0.717, 1.165) is 28.6 Å². The lowest BCUT2D eigenvalue weighted by molar-refractivity contribution is 0.102. The molecule has 0 atom stereocenters. The fourth-order valence-corrected chi connectivity index (χ4v) is 4.01. The summed E-state index contributed by atoms with van der Waals surface area (Å²) in [5.74, 6) is -0.346. The van der Waals surface area contributed by atoms with Crippen LogP contribution in [0.1, 0.15) is 21.5 Å². The van der Waals surface area contributed by atoms with E-state index < -0.39 is 10.0 Å². The number of nitrogens with one attached hydrogen (secondary N) is 2. The molecule has 1 amide bonds. The maximum absolute atomic E-state index is 13.3. The van der Waals surface area contributed by atoms with Crippen LogP contribution >= 0.6 is 0 Å². The first-order valence-electron chi connectivity index (χ1n) is 10.3. The molecule has 168 valence electrons. The van der Waals surface area contributed by atoms with E-state index in [0.29, 0.717) is 22.6 Å². The van der Waals surface area contributed by atoms with Crippen LogP contribution in [-0.4, -0.2) is 30.4 Å². The van der Waals surface area contributed by atoms with Crippen molar-refractivity contribution in [2.75, 3.05) is 16.3 Å². The van der Waals surface area contributed by atoms with Crippen molar-refractivity contribution in [1.82, 2.24) is 9.78 Å². The Hall–Kier alpha value is -3.91. The molecule has 0 fully saturated rings. The molecule has 2 N–H and O–H groups in total. The summed E-state index contributed by atoms with van der Waals surface area (Å²) in [6.07, 6.45) is 2.79. The molecular formula is C25H24N4O3S. The Bertz CT molecular complexity index is 1410. The van der Waals surface area contributed by atoms with Gasteiger partial charge in [-0.15, -0.1) is 0 Å². The average molecular weight is 461 g/mol. The Balaban J connectivity index is 1.71. The van der Waals surface area contributed by atoms with Gasteiger partial charge in [-0.3, -0.25) is 9.52 Å². The molecule has 0 unspecified atom stereocenters. The highest BCUT2D eigenvalue weighted by atomic mass is 32.2. The zero-order valence-corrected chi connectivity index (χ0v) is 19.3. The van der Waals surface area contributed by atoms with Gasteiger partial charge in [-0.2, -0.15) is 5.10 Å². The fourth-order valence-electron chi connectivity index (χ4n) is 3.39. The molecule has 4 rings (SSSR count). The molecule has 3 aromatic carbocycles. The largest absolute Gasteiger partial charge is 0.322 e. The average Bonchev–Trinajstić information content (AvgIpc) is 3.22. The summed E-state index contributed by atoms with van der Waals surface area (Å²) in [5.41, 5.74) is 5.37. The van der Waals surface area contributed by atoms with Crippen molar-refractivity contribution in [2.45, 2.75) is 13.8 Å².